The van der Waals surface area contributed by atoms with Crippen LogP contribution >= 0.6 is 0 Å². The van der Waals surface area contributed by atoms with Gasteiger partial charge in [0.2, 0.25) is 0 Å². The van der Waals surface area contributed by atoms with Gasteiger partial charge in [0.25, 0.3) is 5.91 Å². The molecular formula is C16H26N4O. The second kappa shape index (κ2) is 6.43. The Morgan fingerprint density at radius 2 is 2.14 bits per heavy atom. The fourth-order valence-corrected chi connectivity index (χ4v) is 2.75. The lowest BCUT2D eigenvalue weighted by molar-refractivity contribution is 0.0850. The van der Waals surface area contributed by atoms with Crippen molar-refractivity contribution in [1.82, 2.24) is 10.3 Å². The summed E-state index contributed by atoms with van der Waals surface area (Å²) in [7, 11) is 0. The van der Waals surface area contributed by atoms with Crippen LogP contribution in [0.1, 0.15) is 68.4 Å². The van der Waals surface area contributed by atoms with Gasteiger partial charge in [-0.2, -0.15) is 0 Å². The molecule has 21 heavy (non-hydrogen) atoms. The highest BCUT2D eigenvalue weighted by atomic mass is 16.1. The van der Waals surface area contributed by atoms with Crippen LogP contribution in [0.15, 0.2) is 12.1 Å². The van der Waals surface area contributed by atoms with Gasteiger partial charge in [0.1, 0.15) is 5.82 Å². The molecule has 1 aromatic heterocycles. The number of nitrogens with zero attached hydrogens (tertiary/aromatic N) is 1. The van der Waals surface area contributed by atoms with Crippen LogP contribution in [0, 0.1) is 5.41 Å². The van der Waals surface area contributed by atoms with Gasteiger partial charge in [-0.15, -0.1) is 0 Å². The Bertz CT molecular complexity index is 503. The number of pyridine rings is 1. The summed E-state index contributed by atoms with van der Waals surface area (Å²) in [5.41, 5.74) is 4.33. The van der Waals surface area contributed by atoms with E-state index < -0.39 is 0 Å². The molecule has 0 bridgehead atoms. The third-order valence-corrected chi connectivity index (χ3v) is 4.63. The summed E-state index contributed by atoms with van der Waals surface area (Å²) in [6.45, 7) is 7.05. The maximum absolute atomic E-state index is 12.4. The van der Waals surface area contributed by atoms with Crippen LogP contribution in [0.5, 0.6) is 0 Å². The first-order valence-electron chi connectivity index (χ1n) is 7.76. The quantitative estimate of drug-likeness (QED) is 0.556. The van der Waals surface area contributed by atoms with Crippen LogP contribution < -0.4 is 16.6 Å². The van der Waals surface area contributed by atoms with E-state index in [9.17, 15) is 4.79 Å². The molecule has 0 aliphatic heterocycles. The monoisotopic (exact) mass is 290 g/mol. The number of hydrogen-bond acceptors (Lipinski definition) is 4. The SMILES string of the molecule is CCC1(CNC(=O)c2cc(NN)nc(C(C)C)c2)CCC1. The van der Waals surface area contributed by atoms with Gasteiger partial charge in [-0.05, 0) is 42.7 Å². The zero-order chi connectivity index (χ0) is 15.5. The predicted octanol–water partition coefficient (Wildman–Crippen LogP) is 2.80. The maximum atomic E-state index is 12.4. The van der Waals surface area contributed by atoms with Gasteiger partial charge in [0, 0.05) is 17.8 Å². The van der Waals surface area contributed by atoms with E-state index in [1.54, 1.807) is 6.07 Å². The lowest BCUT2D eigenvalue weighted by Gasteiger charge is -2.41. The standard InChI is InChI=1S/C16H26N4O/c1-4-16(6-5-7-16)10-18-15(21)12-8-13(11(2)3)19-14(9-12)20-17/h8-9,11H,4-7,10,17H2,1-3H3,(H,18,21)(H,19,20). The minimum Gasteiger partial charge on any atom is -0.351 e. The van der Waals surface area contributed by atoms with Gasteiger partial charge in [0.15, 0.2) is 0 Å². The fourth-order valence-electron chi connectivity index (χ4n) is 2.75. The van der Waals surface area contributed by atoms with Gasteiger partial charge in [-0.1, -0.05) is 27.2 Å². The van der Waals surface area contributed by atoms with Gasteiger partial charge in [-0.25, -0.2) is 10.8 Å². The number of anilines is 1. The Morgan fingerprint density at radius 3 is 2.62 bits per heavy atom. The largest absolute Gasteiger partial charge is 0.351 e. The highest BCUT2D eigenvalue weighted by Crippen LogP contribution is 2.43. The summed E-state index contributed by atoms with van der Waals surface area (Å²) >= 11 is 0. The number of carbonyl (C=O) groups excluding carboxylic acids is 1. The summed E-state index contributed by atoms with van der Waals surface area (Å²) in [4.78, 5) is 16.8. The van der Waals surface area contributed by atoms with Crippen molar-refractivity contribution >= 4 is 11.7 Å². The van der Waals surface area contributed by atoms with Crippen LogP contribution in [-0.4, -0.2) is 17.4 Å². The number of rotatable bonds is 6. The zero-order valence-corrected chi connectivity index (χ0v) is 13.2. The first kappa shape index (κ1) is 15.8. The number of nitrogen functional groups attached to an aromatic ring is 1. The van der Waals surface area contributed by atoms with Crippen molar-refractivity contribution < 1.29 is 4.79 Å². The molecular weight excluding hydrogens is 264 g/mol. The highest BCUT2D eigenvalue weighted by molar-refractivity contribution is 5.95. The normalized spacial score (nSPS) is 16.4. The van der Waals surface area contributed by atoms with E-state index in [2.05, 4.69) is 22.7 Å². The molecule has 4 N–H and O–H groups in total. The van der Waals surface area contributed by atoms with Crippen molar-refractivity contribution in [2.75, 3.05) is 12.0 Å². The zero-order valence-electron chi connectivity index (χ0n) is 13.2. The molecule has 116 valence electrons. The second-order valence-corrected chi connectivity index (χ2v) is 6.35. The van der Waals surface area contributed by atoms with Crippen molar-refractivity contribution in [1.29, 1.82) is 0 Å². The van der Waals surface area contributed by atoms with Gasteiger partial charge in [0.05, 0.1) is 0 Å². The molecule has 1 fully saturated rings. The Hall–Kier alpha value is -1.62. The second-order valence-electron chi connectivity index (χ2n) is 6.35. The average Bonchev–Trinajstić information content (AvgIpc) is 2.45. The predicted molar refractivity (Wildman–Crippen MR) is 85.0 cm³/mol. The van der Waals surface area contributed by atoms with Crippen LogP contribution in [-0.2, 0) is 0 Å². The molecule has 0 aromatic carbocycles. The summed E-state index contributed by atoms with van der Waals surface area (Å²) in [6.07, 6.45) is 4.83. The van der Waals surface area contributed by atoms with Crippen molar-refractivity contribution in [3.63, 3.8) is 0 Å². The number of nitrogens with one attached hydrogen (secondary N) is 2. The van der Waals surface area contributed by atoms with Gasteiger partial charge in [-0.3, -0.25) is 4.79 Å². The Morgan fingerprint density at radius 1 is 1.43 bits per heavy atom. The van der Waals surface area contributed by atoms with Crippen LogP contribution in [0.4, 0.5) is 5.82 Å². The molecule has 0 atom stereocenters. The van der Waals surface area contributed by atoms with Crippen LogP contribution in [0.25, 0.3) is 0 Å². The Labute approximate surface area is 126 Å². The van der Waals surface area contributed by atoms with E-state index in [-0.39, 0.29) is 11.8 Å². The summed E-state index contributed by atoms with van der Waals surface area (Å²) in [5, 5.41) is 3.07. The molecule has 5 heteroatoms. The first-order valence-corrected chi connectivity index (χ1v) is 7.76. The highest BCUT2D eigenvalue weighted by Gasteiger charge is 2.35. The number of carbonyl (C=O) groups is 1. The molecule has 1 aromatic rings. The van der Waals surface area contributed by atoms with E-state index >= 15 is 0 Å². The van der Waals surface area contributed by atoms with Crippen LogP contribution in [0.2, 0.25) is 0 Å². The number of hydrazine groups is 1. The lowest BCUT2D eigenvalue weighted by Crippen LogP contribution is -2.41. The molecule has 5 nitrogen and oxygen atoms in total. The minimum absolute atomic E-state index is 0.0458. The third kappa shape index (κ3) is 3.53. The van der Waals surface area contributed by atoms with Crippen LogP contribution in [0.3, 0.4) is 0 Å². The van der Waals surface area contributed by atoms with Crippen molar-refractivity contribution in [2.24, 2.45) is 11.3 Å². The Kier molecular flexibility index (Phi) is 4.83. The third-order valence-electron chi connectivity index (χ3n) is 4.63. The molecule has 2 rings (SSSR count). The molecule has 1 heterocycles. The molecule has 0 unspecified atom stereocenters. The Balaban J connectivity index is 2.09. The molecule has 0 spiro atoms. The molecule has 0 radical (unpaired) electrons. The van der Waals surface area contributed by atoms with E-state index in [0.29, 0.717) is 16.8 Å². The molecule has 1 aliphatic rings. The van der Waals surface area contributed by atoms with Crippen molar-refractivity contribution in [3.8, 4) is 0 Å². The minimum atomic E-state index is -0.0458. The summed E-state index contributed by atoms with van der Waals surface area (Å²) < 4.78 is 0. The van der Waals surface area contributed by atoms with E-state index in [4.69, 9.17) is 5.84 Å². The maximum Gasteiger partial charge on any atom is 0.251 e. The number of aromatic nitrogens is 1. The van der Waals surface area contributed by atoms with E-state index in [0.717, 1.165) is 18.7 Å². The number of hydrogen-bond donors (Lipinski definition) is 3. The molecule has 0 saturated heterocycles. The lowest BCUT2D eigenvalue weighted by atomic mass is 9.67. The summed E-state index contributed by atoms with van der Waals surface area (Å²) in [6, 6.07) is 3.54. The van der Waals surface area contributed by atoms with Gasteiger partial charge >= 0.3 is 0 Å². The van der Waals surface area contributed by atoms with Crippen molar-refractivity contribution in [3.05, 3.63) is 23.4 Å². The molecule has 1 saturated carbocycles. The number of amides is 1. The van der Waals surface area contributed by atoms with E-state index in [1.165, 1.54) is 19.3 Å². The van der Waals surface area contributed by atoms with Gasteiger partial charge < -0.3 is 10.7 Å². The fraction of sp³-hybridized carbons (Fsp3) is 0.625. The van der Waals surface area contributed by atoms with E-state index in [1.807, 2.05) is 19.9 Å². The topological polar surface area (TPSA) is 80.0 Å². The molecule has 1 amide bonds. The average molecular weight is 290 g/mol. The first-order chi connectivity index (χ1) is 9.99. The summed E-state index contributed by atoms with van der Waals surface area (Å²) in [5.74, 6) is 6.17. The number of nitrogens with two attached hydrogens (primary N) is 1. The van der Waals surface area contributed by atoms with Crippen molar-refractivity contribution in [2.45, 2.75) is 52.4 Å². The molecule has 1 aliphatic carbocycles. The smallest absolute Gasteiger partial charge is 0.251 e.